The minimum atomic E-state index is -4.65. The van der Waals surface area contributed by atoms with Gasteiger partial charge in [0, 0.05) is 13.1 Å². The van der Waals surface area contributed by atoms with E-state index in [1.807, 2.05) is 0 Å². The van der Waals surface area contributed by atoms with Gasteiger partial charge < -0.3 is 10.0 Å². The predicted octanol–water partition coefficient (Wildman–Crippen LogP) is 2.82. The van der Waals surface area contributed by atoms with Crippen molar-refractivity contribution in [2.75, 3.05) is 19.6 Å². The summed E-state index contributed by atoms with van der Waals surface area (Å²) in [6.45, 7) is 0.367. The fourth-order valence-electron chi connectivity index (χ4n) is 5.37. The summed E-state index contributed by atoms with van der Waals surface area (Å²) in [6, 6.07) is 2.45. The van der Waals surface area contributed by atoms with Gasteiger partial charge in [-0.15, -0.1) is 0 Å². The van der Waals surface area contributed by atoms with Gasteiger partial charge in [-0.25, -0.2) is 13.0 Å². The van der Waals surface area contributed by atoms with Crippen molar-refractivity contribution < 1.29 is 27.3 Å². The number of carbonyl (C=O) groups excluding carboxylic acids is 1. The van der Waals surface area contributed by atoms with Crippen molar-refractivity contribution in [1.29, 1.82) is 0 Å². The van der Waals surface area contributed by atoms with E-state index in [4.69, 9.17) is 11.6 Å². The zero-order valence-electron chi connectivity index (χ0n) is 17.5. The van der Waals surface area contributed by atoms with Gasteiger partial charge in [-0.2, -0.15) is 18.3 Å². The van der Waals surface area contributed by atoms with Gasteiger partial charge in [0.05, 0.1) is 24.2 Å². The van der Waals surface area contributed by atoms with Crippen LogP contribution in [0.5, 0.6) is 0 Å². The fraction of sp³-hybridized carbons (Fsp3) is 0.619. The molecule has 0 spiro atoms. The fourth-order valence-corrected chi connectivity index (χ4v) is 6.87. The maximum Gasteiger partial charge on any atom is 0.433 e. The first kappa shape index (κ1) is 21.8. The van der Waals surface area contributed by atoms with E-state index in [9.17, 15) is 27.3 Å². The number of aliphatic hydroxyl groups is 1. The van der Waals surface area contributed by atoms with E-state index in [-0.39, 0.29) is 59.0 Å². The summed E-state index contributed by atoms with van der Waals surface area (Å²) < 4.78 is 56.5. The quantitative estimate of drug-likeness (QED) is 0.697. The molecule has 6 rings (SSSR count). The number of pyridine rings is 1. The Hall–Kier alpha value is -1.69. The lowest BCUT2D eigenvalue weighted by atomic mass is 10.1. The molecule has 1 aliphatic heterocycles. The van der Waals surface area contributed by atoms with Gasteiger partial charge in [-0.3, -0.25) is 4.79 Å². The SMILES string of the molecule is O=C1CN(S(=O)c2nn3c(C(F)(F)F)cc(C4CC4)cc3c2Cl)CCN1C1C[C@@H]2C[C@@H]2[C@@H]1O. The van der Waals surface area contributed by atoms with Crippen LogP contribution in [0.4, 0.5) is 13.2 Å². The van der Waals surface area contributed by atoms with E-state index < -0.39 is 29.0 Å². The van der Waals surface area contributed by atoms with E-state index >= 15 is 0 Å². The average molecular weight is 503 g/mol. The van der Waals surface area contributed by atoms with Crippen LogP contribution in [-0.2, 0) is 22.0 Å². The van der Waals surface area contributed by atoms with E-state index in [1.54, 1.807) is 11.0 Å². The van der Waals surface area contributed by atoms with Crippen LogP contribution < -0.4 is 0 Å². The van der Waals surface area contributed by atoms with Crippen LogP contribution in [0.2, 0.25) is 5.02 Å². The summed E-state index contributed by atoms with van der Waals surface area (Å²) in [5, 5.41) is 14.1. The number of hydrogen-bond donors (Lipinski definition) is 1. The van der Waals surface area contributed by atoms with Crippen LogP contribution >= 0.6 is 11.6 Å². The number of halogens is 4. The molecule has 33 heavy (non-hydrogen) atoms. The third kappa shape index (κ3) is 3.59. The van der Waals surface area contributed by atoms with Crippen molar-refractivity contribution in [3.63, 3.8) is 0 Å². The number of fused-ring (bicyclic) bond motifs is 2. The number of nitrogens with zero attached hydrogens (tertiary/aromatic N) is 4. The molecule has 0 bridgehead atoms. The first-order valence-electron chi connectivity index (χ1n) is 11.1. The number of aliphatic hydroxyl groups excluding tert-OH is 1. The highest BCUT2D eigenvalue weighted by molar-refractivity contribution is 7.82. The van der Waals surface area contributed by atoms with Gasteiger partial charge in [0.1, 0.15) is 10.7 Å². The molecule has 2 unspecified atom stereocenters. The number of alkyl halides is 3. The molecule has 1 saturated heterocycles. The molecule has 7 nitrogen and oxygen atoms in total. The summed E-state index contributed by atoms with van der Waals surface area (Å²) in [5.74, 6) is 0.561. The standard InChI is InChI=1S/C21H22ClF3N4O3S/c22-18-14-6-11(10-1-2-10)8-16(21(23,24)25)29(14)26-20(18)33(32)27-3-4-28(17(30)9-27)15-7-12-5-13(12)19(15)31/h6,8,10,12-13,15,19,31H,1-5,7,9H2/t12-,13-,15?,19-,33?/m0/s1. The number of rotatable bonds is 4. The first-order chi connectivity index (χ1) is 15.6. The number of carbonyl (C=O) groups is 1. The largest absolute Gasteiger partial charge is 0.433 e. The maximum absolute atomic E-state index is 13.7. The molecule has 1 N–H and O–H groups in total. The molecule has 3 saturated carbocycles. The van der Waals surface area contributed by atoms with Gasteiger partial charge >= 0.3 is 6.18 Å². The van der Waals surface area contributed by atoms with Crippen molar-refractivity contribution in [3.05, 3.63) is 28.4 Å². The summed E-state index contributed by atoms with van der Waals surface area (Å²) >= 11 is 6.40. The van der Waals surface area contributed by atoms with Crippen LogP contribution in [0, 0.1) is 11.8 Å². The molecule has 178 valence electrons. The van der Waals surface area contributed by atoms with E-state index in [0.29, 0.717) is 16.0 Å². The summed E-state index contributed by atoms with van der Waals surface area (Å²) in [4.78, 5) is 14.4. The Morgan fingerprint density at radius 3 is 2.55 bits per heavy atom. The average Bonchev–Trinajstić information content (AvgIpc) is 3.68. The lowest BCUT2D eigenvalue weighted by Gasteiger charge is -2.38. The highest BCUT2D eigenvalue weighted by atomic mass is 35.5. The molecule has 3 aliphatic carbocycles. The highest BCUT2D eigenvalue weighted by Crippen LogP contribution is 2.53. The van der Waals surface area contributed by atoms with E-state index in [0.717, 1.165) is 31.7 Å². The van der Waals surface area contributed by atoms with Gasteiger partial charge in [-0.1, -0.05) is 11.6 Å². The molecule has 1 amide bonds. The Balaban J connectivity index is 1.27. The predicted molar refractivity (Wildman–Crippen MR) is 113 cm³/mol. The molecule has 4 fully saturated rings. The van der Waals surface area contributed by atoms with Gasteiger partial charge in [0.25, 0.3) is 0 Å². The molecule has 12 heteroatoms. The molecular formula is C21H22ClF3N4O3S. The van der Waals surface area contributed by atoms with Crippen molar-refractivity contribution in [2.24, 2.45) is 11.8 Å². The van der Waals surface area contributed by atoms with Crippen molar-refractivity contribution in [2.45, 2.75) is 54.9 Å². The minimum absolute atomic E-state index is 0.0648. The van der Waals surface area contributed by atoms with E-state index in [2.05, 4.69) is 5.10 Å². The molecule has 0 radical (unpaired) electrons. The topological polar surface area (TPSA) is 78.2 Å². The smallest absolute Gasteiger partial charge is 0.391 e. The summed E-state index contributed by atoms with van der Waals surface area (Å²) in [5.41, 5.74) is -0.345. The minimum Gasteiger partial charge on any atom is -0.391 e. The van der Waals surface area contributed by atoms with Crippen LogP contribution in [0.15, 0.2) is 17.2 Å². The van der Waals surface area contributed by atoms with Gasteiger partial charge in [0.2, 0.25) is 5.91 Å². The second-order valence-corrected chi connectivity index (χ2v) is 11.3. The first-order valence-corrected chi connectivity index (χ1v) is 12.6. The zero-order valence-corrected chi connectivity index (χ0v) is 19.0. The van der Waals surface area contributed by atoms with Crippen LogP contribution in [0.25, 0.3) is 5.52 Å². The van der Waals surface area contributed by atoms with Crippen molar-refractivity contribution >= 4 is 34.0 Å². The Kier molecular flexibility index (Phi) is 4.89. The third-order valence-corrected chi connectivity index (χ3v) is 9.26. The Morgan fingerprint density at radius 2 is 1.94 bits per heavy atom. The van der Waals surface area contributed by atoms with Crippen molar-refractivity contribution in [3.8, 4) is 0 Å². The molecule has 5 atom stereocenters. The summed E-state index contributed by atoms with van der Waals surface area (Å²) in [7, 11) is -2.00. The van der Waals surface area contributed by atoms with Gasteiger partial charge in [-0.05, 0) is 61.1 Å². The van der Waals surface area contributed by atoms with Crippen LogP contribution in [0.3, 0.4) is 0 Å². The monoisotopic (exact) mass is 502 g/mol. The Labute approximate surface area is 195 Å². The number of aromatic nitrogens is 2. The van der Waals surface area contributed by atoms with Gasteiger partial charge in [0.15, 0.2) is 16.0 Å². The normalized spacial score (nSPS) is 31.3. The molecule has 3 heterocycles. The number of hydrogen-bond acceptors (Lipinski definition) is 4. The maximum atomic E-state index is 13.7. The third-order valence-electron chi connectivity index (χ3n) is 7.38. The number of piperazine rings is 1. The zero-order chi connectivity index (χ0) is 23.2. The van der Waals surface area contributed by atoms with Crippen molar-refractivity contribution in [1.82, 2.24) is 18.8 Å². The number of amides is 1. The molecule has 4 aliphatic rings. The second-order valence-electron chi connectivity index (χ2n) is 9.52. The highest BCUT2D eigenvalue weighted by Gasteiger charge is 2.55. The Morgan fingerprint density at radius 1 is 1.18 bits per heavy atom. The Bertz CT molecular complexity index is 1180. The van der Waals surface area contributed by atoms with Crippen LogP contribution in [-0.4, -0.2) is 65.8 Å². The van der Waals surface area contributed by atoms with Crippen LogP contribution in [0.1, 0.15) is 42.9 Å². The molecular weight excluding hydrogens is 481 g/mol. The molecule has 2 aromatic heterocycles. The lowest BCUT2D eigenvalue weighted by Crippen LogP contribution is -2.56. The molecule has 0 aromatic carbocycles. The lowest BCUT2D eigenvalue weighted by molar-refractivity contribution is -0.142. The second kappa shape index (κ2) is 7.40. The van der Waals surface area contributed by atoms with E-state index in [1.165, 1.54) is 4.31 Å². The molecule has 2 aromatic rings. The summed E-state index contributed by atoms with van der Waals surface area (Å²) in [6.07, 6.45) is -1.75.